The molecule has 0 unspecified atom stereocenters. The molecule has 0 aromatic heterocycles. The predicted octanol–water partition coefficient (Wildman–Crippen LogP) is 12.5. The molecule has 0 spiro atoms. The third-order valence-electron chi connectivity index (χ3n) is 10.3. The topological polar surface area (TPSA) is 141 Å². The van der Waals surface area contributed by atoms with E-state index >= 15 is 35.1 Å². The highest BCUT2D eigenvalue weighted by atomic mass is 19.2. The molecule has 66 heavy (non-hydrogen) atoms. The molecule has 2 aliphatic rings. The maximum Gasteiger partial charge on any atom is 0.262 e. The zero-order chi connectivity index (χ0) is 48.0. The van der Waals surface area contributed by atoms with Crippen LogP contribution in [0.25, 0.3) is 69.1 Å². The zero-order valence-corrected chi connectivity index (χ0v) is 32.1. The lowest BCUT2D eigenvalue weighted by atomic mass is 9.87. The van der Waals surface area contributed by atoms with Gasteiger partial charge in [-0.05, 0) is 74.9 Å². The standard InChI is InChI=1S/C48H8F8N10/c1-62-23-8-19(14-57)6-21(10-23)29(16-59)32-27-12-25-26(13-28(27)47(65-4)35(32)37-42(53)44(55)48(66-5)45(56)43(37)54)34(46(64-3)22-7-20(15-58)9-24(11-22)63-2)33(30(25)17-60)36-40(51)38(49)31(18-61)39(50)41(36)52/h6-13H/b32-29-,46-34+. The van der Waals surface area contributed by atoms with Crippen molar-refractivity contribution >= 4 is 61.9 Å². The molecule has 10 nitrogen and oxygen atoms in total. The van der Waals surface area contributed by atoms with Crippen molar-refractivity contribution in [2.75, 3.05) is 0 Å². The Kier molecular flexibility index (Phi) is 10.8. The van der Waals surface area contributed by atoms with Crippen LogP contribution in [-0.4, -0.2) is 0 Å². The molecule has 306 valence electrons. The molecule has 0 amide bonds. The number of rotatable bonds is 4. The average molecular weight is 877 g/mol. The highest BCUT2D eigenvalue weighted by molar-refractivity contribution is 6.33. The van der Waals surface area contributed by atoms with Gasteiger partial charge in [0.05, 0.1) is 61.7 Å². The Bertz CT molecular complexity index is 3430. The lowest BCUT2D eigenvalue weighted by molar-refractivity contribution is 0.447. The van der Waals surface area contributed by atoms with Crippen LogP contribution in [0.15, 0.2) is 48.5 Å². The largest absolute Gasteiger partial charge is 0.262 e. The fraction of sp³-hybridized carbons (Fsp3) is 0. The molecule has 5 aromatic carbocycles. The summed E-state index contributed by atoms with van der Waals surface area (Å²) >= 11 is 0. The first-order valence-corrected chi connectivity index (χ1v) is 17.7. The lowest BCUT2D eigenvalue weighted by Gasteiger charge is -2.17. The number of hydrogen-bond acceptors (Lipinski definition) is 5. The van der Waals surface area contributed by atoms with Gasteiger partial charge in [-0.25, -0.2) is 59.3 Å². The predicted molar refractivity (Wildman–Crippen MR) is 216 cm³/mol. The fourth-order valence-corrected chi connectivity index (χ4v) is 7.61. The molecule has 0 fully saturated rings. The second-order valence-electron chi connectivity index (χ2n) is 13.5. The van der Waals surface area contributed by atoms with Gasteiger partial charge in [0.2, 0.25) is 11.4 Å². The Balaban J connectivity index is 1.77. The number of hydrogen-bond donors (Lipinski definition) is 0. The van der Waals surface area contributed by atoms with E-state index in [1.54, 1.807) is 24.3 Å². The van der Waals surface area contributed by atoms with E-state index in [9.17, 15) is 26.3 Å². The van der Waals surface area contributed by atoms with Crippen LogP contribution in [0, 0.1) is 136 Å². The number of benzene rings is 5. The monoisotopic (exact) mass is 876 g/mol. The van der Waals surface area contributed by atoms with Gasteiger partial charge in [0.15, 0.2) is 57.9 Å². The summed E-state index contributed by atoms with van der Waals surface area (Å²) in [5, 5.41) is 50.4. The molecule has 0 heterocycles. The van der Waals surface area contributed by atoms with Crippen LogP contribution in [0.4, 0.5) is 52.2 Å². The van der Waals surface area contributed by atoms with Crippen molar-refractivity contribution in [2.45, 2.75) is 0 Å². The van der Waals surface area contributed by atoms with Gasteiger partial charge < -0.3 is 0 Å². The van der Waals surface area contributed by atoms with E-state index in [2.05, 4.69) is 24.2 Å². The lowest BCUT2D eigenvalue weighted by Crippen LogP contribution is -2.07. The van der Waals surface area contributed by atoms with Crippen molar-refractivity contribution in [3.8, 4) is 30.3 Å². The van der Waals surface area contributed by atoms with Gasteiger partial charge in [-0.3, -0.25) is 0 Å². The second-order valence-corrected chi connectivity index (χ2v) is 13.5. The first-order valence-electron chi connectivity index (χ1n) is 17.7. The summed E-state index contributed by atoms with van der Waals surface area (Å²) in [6.07, 6.45) is 0. The van der Waals surface area contributed by atoms with Crippen LogP contribution < -0.4 is 0 Å². The van der Waals surface area contributed by atoms with E-state index in [0.29, 0.717) is 0 Å². The summed E-state index contributed by atoms with van der Waals surface area (Å²) in [5.41, 5.74) is -17.4. The minimum atomic E-state index is -2.23. The van der Waals surface area contributed by atoms with Crippen LogP contribution in [-0.2, 0) is 0 Å². The van der Waals surface area contributed by atoms with Crippen LogP contribution >= 0.6 is 0 Å². The molecule has 0 N–H and O–H groups in total. The Morgan fingerprint density at radius 3 is 1.42 bits per heavy atom. The van der Waals surface area contributed by atoms with Crippen molar-refractivity contribution in [1.82, 2.24) is 0 Å². The first kappa shape index (κ1) is 43.5. The van der Waals surface area contributed by atoms with Gasteiger partial charge in [0, 0.05) is 27.8 Å². The van der Waals surface area contributed by atoms with Crippen molar-refractivity contribution < 1.29 is 35.1 Å². The van der Waals surface area contributed by atoms with E-state index in [4.69, 9.17) is 32.9 Å². The van der Waals surface area contributed by atoms with Gasteiger partial charge in [0.1, 0.15) is 23.8 Å². The summed E-state index contributed by atoms with van der Waals surface area (Å²) in [6, 6.07) is 16.0. The Morgan fingerprint density at radius 1 is 0.455 bits per heavy atom. The van der Waals surface area contributed by atoms with Gasteiger partial charge >= 0.3 is 0 Å². The highest BCUT2D eigenvalue weighted by Crippen LogP contribution is 2.58. The van der Waals surface area contributed by atoms with E-state index in [-0.39, 0.29) is 33.6 Å². The van der Waals surface area contributed by atoms with E-state index in [1.165, 1.54) is 0 Å². The van der Waals surface area contributed by atoms with Crippen LogP contribution in [0.5, 0.6) is 0 Å². The summed E-state index contributed by atoms with van der Waals surface area (Å²) in [4.78, 5) is 15.8. The summed E-state index contributed by atoms with van der Waals surface area (Å²) in [7, 11) is 0. The third-order valence-corrected chi connectivity index (χ3v) is 10.3. The van der Waals surface area contributed by atoms with Gasteiger partial charge in [-0.2, -0.15) is 26.3 Å². The molecule has 18 heteroatoms. The van der Waals surface area contributed by atoms with Crippen molar-refractivity contribution in [1.29, 1.82) is 26.3 Å². The number of nitriles is 5. The minimum absolute atomic E-state index is 0.248. The molecule has 0 radical (unpaired) electrons. The molecular weight excluding hydrogens is 869 g/mol. The normalized spacial score (nSPS) is 13.5. The third kappa shape index (κ3) is 6.23. The molecule has 0 aliphatic heterocycles. The van der Waals surface area contributed by atoms with Crippen LogP contribution in [0.3, 0.4) is 0 Å². The van der Waals surface area contributed by atoms with Crippen molar-refractivity contribution in [3.05, 3.63) is 213 Å². The average Bonchev–Trinajstić information content (AvgIpc) is 3.80. The molecule has 0 saturated heterocycles. The number of halogens is 8. The number of allylic oxidation sites excluding steroid dienone is 6. The first-order chi connectivity index (χ1) is 31.6. The number of nitrogens with zero attached hydrogens (tertiary/aromatic N) is 10. The number of fused-ring (bicyclic) bond motifs is 2. The molecule has 0 bridgehead atoms. The fourth-order valence-electron chi connectivity index (χ4n) is 7.61. The summed E-state index contributed by atoms with van der Waals surface area (Å²) < 4.78 is 127. The van der Waals surface area contributed by atoms with Crippen molar-refractivity contribution in [3.63, 3.8) is 0 Å². The van der Waals surface area contributed by atoms with Gasteiger partial charge in [0.25, 0.3) is 5.69 Å². The Hall–Kier alpha value is -10.6. The van der Waals surface area contributed by atoms with Crippen LogP contribution in [0.2, 0.25) is 0 Å². The molecule has 2 aliphatic carbocycles. The maximum atomic E-state index is 16.2. The SMILES string of the molecule is [C-]#[N+]C1=C(c2c(F)c(F)c([N+]#[C-])c(F)c2F)/C(=C(/C#N)c2cc(C#N)cc([N+]#[C-])c2)c2cc3c(cc21)/C(=C(\[N+]#[C-])c1cc(C#N)cc([N+]#[C-])c1)C(c1c(F)c(F)c(C#N)c(F)c1F)=C3C#N. The molecule has 5 aromatic rings. The molecular formula is C48H8F8N10. The van der Waals surface area contributed by atoms with Gasteiger partial charge in [-0.15, -0.1) is 0 Å². The van der Waals surface area contributed by atoms with E-state index in [1.807, 2.05) is 0 Å². The highest BCUT2D eigenvalue weighted by Gasteiger charge is 2.42. The second kappa shape index (κ2) is 16.4. The summed E-state index contributed by atoms with van der Waals surface area (Å²) in [5.74, 6) is -17.8. The quantitative estimate of drug-likeness (QED) is 0.0765. The Labute approximate surface area is 366 Å². The van der Waals surface area contributed by atoms with E-state index in [0.717, 1.165) is 54.6 Å². The maximum absolute atomic E-state index is 16.2. The smallest absolute Gasteiger partial charge is 0.238 e. The van der Waals surface area contributed by atoms with E-state index < -0.39 is 136 Å². The summed E-state index contributed by atoms with van der Waals surface area (Å²) in [6.45, 7) is 38.7. The van der Waals surface area contributed by atoms with Crippen molar-refractivity contribution in [2.24, 2.45) is 0 Å². The molecule has 0 atom stereocenters. The van der Waals surface area contributed by atoms with Crippen LogP contribution in [0.1, 0.15) is 61.2 Å². The molecule has 0 saturated carbocycles. The zero-order valence-electron chi connectivity index (χ0n) is 32.1. The Morgan fingerprint density at radius 2 is 0.955 bits per heavy atom. The molecule has 7 rings (SSSR count). The van der Waals surface area contributed by atoms with Gasteiger partial charge in [-0.1, -0.05) is 18.2 Å². The minimum Gasteiger partial charge on any atom is -0.238 e.